The summed E-state index contributed by atoms with van der Waals surface area (Å²) < 4.78 is 7.63. The van der Waals surface area contributed by atoms with Gasteiger partial charge in [0.05, 0.1) is 19.0 Å². The molecule has 3 heterocycles. The molecular formula is C16H23N5O5. The lowest BCUT2D eigenvalue weighted by Gasteiger charge is -2.43. The highest BCUT2D eigenvalue weighted by Crippen LogP contribution is 2.48. The fraction of sp³-hybridized carbons (Fsp3) is 0.688. The third-order valence-corrected chi connectivity index (χ3v) is 5.62. The van der Waals surface area contributed by atoms with Crippen LogP contribution in [0, 0.1) is 5.92 Å². The molecule has 26 heavy (non-hydrogen) atoms. The lowest BCUT2D eigenvalue weighted by molar-refractivity contribution is -0.194. The third kappa shape index (κ3) is 2.41. The zero-order chi connectivity index (χ0) is 18.5. The van der Waals surface area contributed by atoms with E-state index in [0.717, 1.165) is 6.42 Å². The van der Waals surface area contributed by atoms with Crippen molar-refractivity contribution in [2.24, 2.45) is 5.92 Å². The Bertz CT molecular complexity index is 800. The number of hydrogen-bond acceptors (Lipinski definition) is 9. The van der Waals surface area contributed by atoms with Crippen LogP contribution in [0.3, 0.4) is 0 Å². The largest absolute Gasteiger partial charge is 0.394 e. The van der Waals surface area contributed by atoms with Crippen LogP contribution in [-0.4, -0.2) is 71.0 Å². The van der Waals surface area contributed by atoms with Crippen LogP contribution in [0.2, 0.25) is 0 Å². The van der Waals surface area contributed by atoms with Crippen molar-refractivity contribution in [2.45, 2.75) is 55.8 Å². The predicted molar refractivity (Wildman–Crippen MR) is 89.6 cm³/mol. The van der Waals surface area contributed by atoms with E-state index in [1.54, 1.807) is 4.57 Å². The van der Waals surface area contributed by atoms with E-state index >= 15 is 0 Å². The molecule has 10 heteroatoms. The number of aromatic nitrogens is 4. The number of hydrogen-bond donors (Lipinski definition) is 5. The number of fused-ring (bicyclic) bond motifs is 1. The second-order valence-corrected chi connectivity index (χ2v) is 7.09. The summed E-state index contributed by atoms with van der Waals surface area (Å²) in [6.07, 6.45) is 1.15. The van der Waals surface area contributed by atoms with Crippen LogP contribution < -0.4 is 5.73 Å². The molecule has 10 nitrogen and oxygen atoms in total. The minimum absolute atomic E-state index is 0.194. The molecule has 0 amide bonds. The molecule has 0 bridgehead atoms. The smallest absolute Gasteiger partial charge is 0.179 e. The molecule has 1 aliphatic carbocycles. The summed E-state index contributed by atoms with van der Waals surface area (Å²) in [6.45, 7) is -0.445. The number of anilines is 1. The molecule has 6 atom stereocenters. The molecule has 2 aliphatic rings. The normalized spacial score (nSPS) is 38.1. The van der Waals surface area contributed by atoms with Crippen molar-refractivity contribution in [3.05, 3.63) is 12.7 Å². The Labute approximate surface area is 149 Å². The van der Waals surface area contributed by atoms with E-state index in [-0.39, 0.29) is 11.7 Å². The van der Waals surface area contributed by atoms with Gasteiger partial charge < -0.3 is 30.9 Å². The quantitative estimate of drug-likeness (QED) is 0.446. The summed E-state index contributed by atoms with van der Waals surface area (Å²) in [5, 5.41) is 41.1. The Morgan fingerprint density at radius 1 is 1.23 bits per heavy atom. The Kier molecular flexibility index (Phi) is 4.32. The number of rotatable bonds is 3. The van der Waals surface area contributed by atoms with Gasteiger partial charge in [-0.05, 0) is 19.3 Å². The van der Waals surface area contributed by atoms with E-state index in [9.17, 15) is 20.4 Å². The first-order chi connectivity index (χ1) is 12.5. The highest BCUT2D eigenvalue weighted by Gasteiger charge is 2.60. The van der Waals surface area contributed by atoms with E-state index in [4.69, 9.17) is 10.5 Å². The maximum absolute atomic E-state index is 11.0. The van der Waals surface area contributed by atoms with Gasteiger partial charge in [-0.25, -0.2) is 15.0 Å². The lowest BCUT2D eigenvalue weighted by atomic mass is 9.77. The summed E-state index contributed by atoms with van der Waals surface area (Å²) in [5.74, 6) is -0.111. The van der Waals surface area contributed by atoms with Gasteiger partial charge in [-0.15, -0.1) is 0 Å². The van der Waals surface area contributed by atoms with Gasteiger partial charge in [0.25, 0.3) is 0 Å². The van der Waals surface area contributed by atoms with Gasteiger partial charge in [0.15, 0.2) is 17.2 Å². The first-order valence-corrected chi connectivity index (χ1v) is 8.76. The van der Waals surface area contributed by atoms with Crippen LogP contribution in [0.1, 0.15) is 25.7 Å². The summed E-state index contributed by atoms with van der Waals surface area (Å²) in [4.78, 5) is 12.4. The average Bonchev–Trinajstić information content (AvgIpc) is 3.17. The second-order valence-electron chi connectivity index (χ2n) is 7.09. The molecule has 1 saturated heterocycles. The van der Waals surface area contributed by atoms with Gasteiger partial charge in [0.2, 0.25) is 0 Å². The molecule has 142 valence electrons. The fourth-order valence-electron chi connectivity index (χ4n) is 4.36. The number of aliphatic hydroxyl groups excluding tert-OH is 4. The molecule has 2 aromatic heterocycles. The van der Waals surface area contributed by atoms with Crippen molar-refractivity contribution in [2.75, 3.05) is 12.3 Å². The zero-order valence-electron chi connectivity index (χ0n) is 14.1. The standard InChI is InChI=1S/C16H23N5O5/c17-14-11-15(19-6-18-14)21(7-20-11)16(8-2-1-3-9(23)4-8)13(25)12(24)10(5-22)26-16/h6-10,12-13,22-25H,1-5H2,(H2,17,18,19)/t8-,9-,10+,12+,13+,16+/m0/s1. The Balaban J connectivity index is 1.89. The van der Waals surface area contributed by atoms with Gasteiger partial charge in [-0.2, -0.15) is 0 Å². The monoisotopic (exact) mass is 365 g/mol. The molecule has 2 aromatic rings. The van der Waals surface area contributed by atoms with Gasteiger partial charge in [-0.1, -0.05) is 6.42 Å². The topological polar surface area (TPSA) is 160 Å². The summed E-state index contributed by atoms with van der Waals surface area (Å²) in [5.41, 5.74) is 5.18. The highest BCUT2D eigenvalue weighted by atomic mass is 16.6. The Hall–Kier alpha value is -1.85. The van der Waals surface area contributed by atoms with E-state index in [1.807, 2.05) is 0 Å². The number of imidazole rings is 1. The van der Waals surface area contributed by atoms with E-state index in [1.165, 1.54) is 12.7 Å². The summed E-state index contributed by atoms with van der Waals surface area (Å²) >= 11 is 0. The van der Waals surface area contributed by atoms with Gasteiger partial charge in [0.1, 0.15) is 30.2 Å². The minimum atomic E-state index is -1.41. The van der Waals surface area contributed by atoms with Crippen molar-refractivity contribution < 1.29 is 25.2 Å². The molecule has 1 aliphatic heterocycles. The van der Waals surface area contributed by atoms with Crippen LogP contribution in [0.25, 0.3) is 11.2 Å². The zero-order valence-corrected chi connectivity index (χ0v) is 14.1. The first kappa shape index (κ1) is 17.6. The van der Waals surface area contributed by atoms with Crippen LogP contribution in [-0.2, 0) is 10.5 Å². The average molecular weight is 365 g/mol. The molecule has 1 saturated carbocycles. The molecule has 0 radical (unpaired) electrons. The molecule has 0 spiro atoms. The van der Waals surface area contributed by atoms with Gasteiger partial charge in [0, 0.05) is 5.92 Å². The maximum Gasteiger partial charge on any atom is 0.179 e. The second kappa shape index (κ2) is 6.39. The minimum Gasteiger partial charge on any atom is -0.394 e. The number of aliphatic hydroxyl groups is 4. The SMILES string of the molecule is Nc1ncnc2c1ncn2[C@]1([C@H]2CCC[C@H](O)C2)O[C@H](CO)[C@@H](O)[C@H]1O. The predicted octanol–water partition coefficient (Wildman–Crippen LogP) is -1.27. The van der Waals surface area contributed by atoms with Crippen molar-refractivity contribution in [1.82, 2.24) is 19.5 Å². The molecule has 2 fully saturated rings. The molecule has 0 unspecified atom stereocenters. The number of nitrogen functional groups attached to an aromatic ring is 1. The van der Waals surface area contributed by atoms with E-state index in [2.05, 4.69) is 15.0 Å². The molecule has 4 rings (SSSR count). The van der Waals surface area contributed by atoms with E-state index in [0.29, 0.717) is 30.4 Å². The van der Waals surface area contributed by atoms with Crippen molar-refractivity contribution in [1.29, 1.82) is 0 Å². The first-order valence-electron chi connectivity index (χ1n) is 8.76. The van der Waals surface area contributed by atoms with Crippen LogP contribution >= 0.6 is 0 Å². The van der Waals surface area contributed by atoms with Crippen molar-refractivity contribution in [3.8, 4) is 0 Å². The third-order valence-electron chi connectivity index (χ3n) is 5.62. The Morgan fingerprint density at radius 2 is 2.04 bits per heavy atom. The summed E-state index contributed by atoms with van der Waals surface area (Å²) in [6, 6.07) is 0. The lowest BCUT2D eigenvalue weighted by Crippen LogP contribution is -2.52. The molecule has 0 aromatic carbocycles. The number of nitrogens with two attached hydrogens (primary N) is 1. The summed E-state index contributed by atoms with van der Waals surface area (Å²) in [7, 11) is 0. The number of nitrogens with zero attached hydrogens (tertiary/aromatic N) is 4. The van der Waals surface area contributed by atoms with Crippen LogP contribution in [0.15, 0.2) is 12.7 Å². The maximum atomic E-state index is 11.0. The van der Waals surface area contributed by atoms with Crippen molar-refractivity contribution in [3.63, 3.8) is 0 Å². The number of ether oxygens (including phenoxy) is 1. The molecule has 6 N–H and O–H groups in total. The highest BCUT2D eigenvalue weighted by molar-refractivity contribution is 5.81. The van der Waals surface area contributed by atoms with Gasteiger partial charge in [-0.3, -0.25) is 4.57 Å². The fourth-order valence-corrected chi connectivity index (χ4v) is 4.36. The Morgan fingerprint density at radius 3 is 2.73 bits per heavy atom. The van der Waals surface area contributed by atoms with Crippen LogP contribution in [0.5, 0.6) is 0 Å². The van der Waals surface area contributed by atoms with Crippen LogP contribution in [0.4, 0.5) is 5.82 Å². The van der Waals surface area contributed by atoms with E-state index < -0.39 is 36.7 Å². The van der Waals surface area contributed by atoms with Gasteiger partial charge >= 0.3 is 0 Å². The van der Waals surface area contributed by atoms with Crippen molar-refractivity contribution >= 4 is 17.0 Å². The molecular weight excluding hydrogens is 342 g/mol.